The van der Waals surface area contributed by atoms with Crippen molar-refractivity contribution in [2.45, 2.75) is 64.8 Å². The van der Waals surface area contributed by atoms with E-state index >= 15 is 0 Å². The number of sulfonamides is 1. The van der Waals surface area contributed by atoms with Crippen LogP contribution in [0.15, 0.2) is 0 Å². The van der Waals surface area contributed by atoms with E-state index in [2.05, 4.69) is 25.7 Å². The molecule has 1 rings (SSSR count). The summed E-state index contributed by atoms with van der Waals surface area (Å²) in [5, 5.41) is 0. The van der Waals surface area contributed by atoms with Gasteiger partial charge >= 0.3 is 0 Å². The van der Waals surface area contributed by atoms with Crippen LogP contribution in [0.2, 0.25) is 0 Å². The van der Waals surface area contributed by atoms with Crippen LogP contribution in [0.25, 0.3) is 0 Å². The van der Waals surface area contributed by atoms with Crippen molar-refractivity contribution in [1.29, 1.82) is 0 Å². The topological polar surface area (TPSA) is 40.6 Å². The number of piperazine rings is 1. The summed E-state index contributed by atoms with van der Waals surface area (Å²) in [5.41, 5.74) is 0.246. The average molecular weight is 305 g/mol. The van der Waals surface area contributed by atoms with Crippen LogP contribution in [-0.4, -0.2) is 55.6 Å². The summed E-state index contributed by atoms with van der Waals surface area (Å²) in [6.07, 6.45) is 8.73. The highest BCUT2D eigenvalue weighted by Gasteiger charge is 2.34. The van der Waals surface area contributed by atoms with Crippen molar-refractivity contribution in [3.8, 4) is 0 Å². The lowest BCUT2D eigenvalue weighted by atomic mass is 9.86. The fourth-order valence-corrected chi connectivity index (χ4v) is 3.94. The predicted molar refractivity (Wildman–Crippen MR) is 85.4 cm³/mol. The Labute approximate surface area is 125 Å². The molecule has 0 saturated carbocycles. The first-order chi connectivity index (χ1) is 9.33. The molecule has 1 fully saturated rings. The zero-order chi connectivity index (χ0) is 15.2. The minimum Gasteiger partial charge on any atom is -0.295 e. The maximum atomic E-state index is 11.6. The van der Waals surface area contributed by atoms with Gasteiger partial charge in [-0.3, -0.25) is 4.90 Å². The van der Waals surface area contributed by atoms with Gasteiger partial charge in [0, 0.05) is 31.7 Å². The van der Waals surface area contributed by atoms with E-state index in [1.54, 1.807) is 4.31 Å². The van der Waals surface area contributed by atoms with Crippen molar-refractivity contribution in [2.24, 2.45) is 0 Å². The van der Waals surface area contributed by atoms with E-state index in [0.717, 1.165) is 13.1 Å². The molecule has 0 radical (unpaired) electrons. The van der Waals surface area contributed by atoms with E-state index < -0.39 is 10.0 Å². The van der Waals surface area contributed by atoms with Crippen LogP contribution in [0.4, 0.5) is 0 Å². The Morgan fingerprint density at radius 1 is 0.950 bits per heavy atom. The first-order valence-electron chi connectivity index (χ1n) is 8.03. The molecule has 1 aliphatic rings. The molecule has 0 unspecified atom stereocenters. The van der Waals surface area contributed by atoms with Gasteiger partial charge in [-0.1, -0.05) is 39.5 Å². The second-order valence-electron chi connectivity index (χ2n) is 6.35. The van der Waals surface area contributed by atoms with Crippen LogP contribution >= 0.6 is 0 Å². The van der Waals surface area contributed by atoms with Crippen LogP contribution in [0.3, 0.4) is 0 Å². The van der Waals surface area contributed by atoms with Gasteiger partial charge in [-0.15, -0.1) is 0 Å². The number of hydrogen-bond acceptors (Lipinski definition) is 3. The molecule has 4 nitrogen and oxygen atoms in total. The van der Waals surface area contributed by atoms with Crippen LogP contribution in [0.1, 0.15) is 59.3 Å². The fraction of sp³-hybridized carbons (Fsp3) is 1.00. The molecule has 1 aliphatic heterocycles. The Balaban J connectivity index is 2.64. The lowest BCUT2D eigenvalue weighted by Gasteiger charge is -2.46. The van der Waals surface area contributed by atoms with Crippen molar-refractivity contribution in [3.63, 3.8) is 0 Å². The first kappa shape index (κ1) is 17.9. The lowest BCUT2D eigenvalue weighted by Crippen LogP contribution is -2.56. The molecule has 1 heterocycles. The summed E-state index contributed by atoms with van der Waals surface area (Å²) in [4.78, 5) is 2.53. The van der Waals surface area contributed by atoms with Crippen LogP contribution in [0, 0.1) is 0 Å². The van der Waals surface area contributed by atoms with Gasteiger partial charge in [0.2, 0.25) is 10.0 Å². The SMILES string of the molecule is CCCCC(C)(CCCC)N1CCN(S(C)(=O)=O)CC1. The monoisotopic (exact) mass is 304 g/mol. The minimum absolute atomic E-state index is 0.246. The Hall–Kier alpha value is -0.130. The van der Waals surface area contributed by atoms with E-state index in [4.69, 9.17) is 0 Å². The molecular formula is C15H32N2O2S. The van der Waals surface area contributed by atoms with Crippen molar-refractivity contribution >= 4 is 10.0 Å². The standard InChI is InChI=1S/C15H32N2O2S/c1-5-7-9-15(3,10-8-6-2)16-11-13-17(14-12-16)20(4,18)19/h5-14H2,1-4H3. The quantitative estimate of drug-likeness (QED) is 0.692. The molecule has 0 N–H and O–H groups in total. The van der Waals surface area contributed by atoms with Gasteiger partial charge in [-0.25, -0.2) is 8.42 Å². The number of unbranched alkanes of at least 4 members (excludes halogenated alkanes) is 2. The third kappa shape index (κ3) is 5.01. The van der Waals surface area contributed by atoms with E-state index in [-0.39, 0.29) is 5.54 Å². The molecule has 120 valence electrons. The molecule has 0 aromatic carbocycles. The molecule has 0 aromatic rings. The summed E-state index contributed by atoms with van der Waals surface area (Å²) >= 11 is 0. The van der Waals surface area contributed by atoms with Gasteiger partial charge < -0.3 is 0 Å². The maximum absolute atomic E-state index is 11.6. The van der Waals surface area contributed by atoms with Crippen LogP contribution < -0.4 is 0 Å². The first-order valence-corrected chi connectivity index (χ1v) is 9.88. The zero-order valence-electron chi connectivity index (χ0n) is 13.7. The third-order valence-electron chi connectivity index (χ3n) is 4.61. The van der Waals surface area contributed by atoms with E-state index in [9.17, 15) is 8.42 Å². The van der Waals surface area contributed by atoms with E-state index in [1.165, 1.54) is 44.8 Å². The Morgan fingerprint density at radius 2 is 1.40 bits per heavy atom. The highest BCUT2D eigenvalue weighted by atomic mass is 32.2. The summed E-state index contributed by atoms with van der Waals surface area (Å²) < 4.78 is 24.8. The lowest BCUT2D eigenvalue weighted by molar-refractivity contribution is 0.0496. The van der Waals surface area contributed by atoms with E-state index in [1.807, 2.05) is 0 Å². The zero-order valence-corrected chi connectivity index (χ0v) is 14.5. The molecule has 0 amide bonds. The summed E-state index contributed by atoms with van der Waals surface area (Å²) in [5.74, 6) is 0. The third-order valence-corrected chi connectivity index (χ3v) is 5.91. The number of hydrogen-bond donors (Lipinski definition) is 0. The molecule has 0 bridgehead atoms. The Morgan fingerprint density at radius 3 is 1.75 bits per heavy atom. The largest absolute Gasteiger partial charge is 0.295 e. The summed E-state index contributed by atoms with van der Waals surface area (Å²) in [7, 11) is -3.02. The summed E-state index contributed by atoms with van der Waals surface area (Å²) in [6.45, 7) is 9.88. The Kier molecular flexibility index (Phi) is 6.95. The molecule has 20 heavy (non-hydrogen) atoms. The van der Waals surface area contributed by atoms with E-state index in [0.29, 0.717) is 13.1 Å². The van der Waals surface area contributed by atoms with Crippen LogP contribution in [0.5, 0.6) is 0 Å². The molecule has 0 aliphatic carbocycles. The van der Waals surface area contributed by atoms with Crippen molar-refractivity contribution < 1.29 is 8.42 Å². The van der Waals surface area contributed by atoms with Crippen molar-refractivity contribution in [2.75, 3.05) is 32.4 Å². The maximum Gasteiger partial charge on any atom is 0.211 e. The summed E-state index contributed by atoms with van der Waals surface area (Å²) in [6, 6.07) is 0. The Bertz CT molecular complexity index is 365. The molecular weight excluding hydrogens is 272 g/mol. The number of rotatable bonds is 8. The normalized spacial score (nSPS) is 19.4. The molecule has 1 saturated heterocycles. The van der Waals surface area contributed by atoms with Gasteiger partial charge in [0.05, 0.1) is 6.26 Å². The predicted octanol–water partition coefficient (Wildman–Crippen LogP) is 2.70. The van der Waals surface area contributed by atoms with Gasteiger partial charge in [0.15, 0.2) is 0 Å². The average Bonchev–Trinajstić information content (AvgIpc) is 2.42. The van der Waals surface area contributed by atoms with Gasteiger partial charge in [0.25, 0.3) is 0 Å². The number of nitrogens with zero attached hydrogens (tertiary/aromatic N) is 2. The molecule has 0 aromatic heterocycles. The smallest absolute Gasteiger partial charge is 0.211 e. The highest BCUT2D eigenvalue weighted by molar-refractivity contribution is 7.88. The van der Waals surface area contributed by atoms with Crippen molar-refractivity contribution in [3.05, 3.63) is 0 Å². The van der Waals surface area contributed by atoms with Gasteiger partial charge in [-0.2, -0.15) is 4.31 Å². The fourth-order valence-electron chi connectivity index (χ4n) is 3.12. The highest BCUT2D eigenvalue weighted by Crippen LogP contribution is 2.29. The van der Waals surface area contributed by atoms with Gasteiger partial charge in [-0.05, 0) is 19.8 Å². The molecule has 5 heteroatoms. The second-order valence-corrected chi connectivity index (χ2v) is 8.34. The molecule has 0 atom stereocenters. The second kappa shape index (κ2) is 7.76. The minimum atomic E-state index is -3.02. The molecule has 0 spiro atoms. The van der Waals surface area contributed by atoms with Gasteiger partial charge in [0.1, 0.15) is 0 Å². The van der Waals surface area contributed by atoms with Crippen molar-refractivity contribution in [1.82, 2.24) is 9.21 Å². The van der Waals surface area contributed by atoms with Crippen LogP contribution in [-0.2, 0) is 10.0 Å².